The zero-order valence-electron chi connectivity index (χ0n) is 13.0. The number of aromatic nitrogens is 1. The highest BCUT2D eigenvalue weighted by Crippen LogP contribution is 2.20. The van der Waals surface area contributed by atoms with E-state index in [2.05, 4.69) is 14.9 Å². The molecule has 8 nitrogen and oxygen atoms in total. The largest absolute Gasteiger partial charge is 0.370 e. The van der Waals surface area contributed by atoms with Gasteiger partial charge in [0.05, 0.1) is 17.0 Å². The number of thiazole rings is 1. The van der Waals surface area contributed by atoms with E-state index in [0.29, 0.717) is 11.5 Å². The van der Waals surface area contributed by atoms with Gasteiger partial charge in [0.25, 0.3) is 5.69 Å². The van der Waals surface area contributed by atoms with Crippen molar-refractivity contribution in [2.45, 2.75) is 6.54 Å². The molecule has 2 heterocycles. The van der Waals surface area contributed by atoms with E-state index in [4.69, 9.17) is 5.73 Å². The fourth-order valence-corrected chi connectivity index (χ4v) is 3.28. The van der Waals surface area contributed by atoms with E-state index in [-0.39, 0.29) is 12.2 Å². The summed E-state index contributed by atoms with van der Waals surface area (Å²) in [6.45, 7) is 3.37. The molecule has 1 aliphatic rings. The highest BCUT2D eigenvalue weighted by molar-refractivity contribution is 7.13. The minimum Gasteiger partial charge on any atom is -0.370 e. The van der Waals surface area contributed by atoms with Crippen LogP contribution in [0.25, 0.3) is 0 Å². The molecule has 3 rings (SSSR count). The maximum atomic E-state index is 11.0. The monoisotopic (exact) mass is 346 g/mol. The number of aliphatic imine (C=N–C) groups is 1. The van der Waals surface area contributed by atoms with E-state index in [9.17, 15) is 10.1 Å². The molecule has 9 heteroatoms. The Morgan fingerprint density at radius 2 is 2.08 bits per heavy atom. The van der Waals surface area contributed by atoms with Crippen molar-refractivity contribution >= 4 is 28.1 Å². The number of nitro groups is 1. The number of anilines is 1. The van der Waals surface area contributed by atoms with Crippen LogP contribution in [0.1, 0.15) is 5.56 Å². The van der Waals surface area contributed by atoms with Crippen molar-refractivity contribution in [3.8, 4) is 0 Å². The topological polar surface area (TPSA) is 101 Å². The van der Waals surface area contributed by atoms with Crippen molar-refractivity contribution in [3.63, 3.8) is 0 Å². The fourth-order valence-electron chi connectivity index (χ4n) is 2.59. The van der Waals surface area contributed by atoms with Crippen molar-refractivity contribution in [2.75, 3.05) is 31.1 Å². The third-order valence-electron chi connectivity index (χ3n) is 3.89. The summed E-state index contributed by atoms with van der Waals surface area (Å²) in [4.78, 5) is 23.5. The van der Waals surface area contributed by atoms with Gasteiger partial charge in [-0.05, 0) is 0 Å². The standard InChI is InChI=1S/C15H18N6O2S/c16-14(18-11-12-3-1-2-4-13(12)21(22)23)19-6-8-20(9-7-19)15-17-5-10-24-15/h1-5,10H,6-9,11H2,(H2,16,18). The Labute approximate surface area is 143 Å². The molecule has 0 aliphatic carbocycles. The van der Waals surface area contributed by atoms with Crippen molar-refractivity contribution in [2.24, 2.45) is 10.7 Å². The zero-order valence-corrected chi connectivity index (χ0v) is 13.9. The van der Waals surface area contributed by atoms with Gasteiger partial charge in [-0.25, -0.2) is 9.98 Å². The van der Waals surface area contributed by atoms with Gasteiger partial charge in [0, 0.05) is 43.8 Å². The van der Waals surface area contributed by atoms with Crippen LogP contribution in [0.4, 0.5) is 10.8 Å². The lowest BCUT2D eigenvalue weighted by atomic mass is 10.2. The SMILES string of the molecule is NC(=NCc1ccccc1[N+](=O)[O-])N1CCN(c2nccs2)CC1. The summed E-state index contributed by atoms with van der Waals surface area (Å²) in [5.41, 5.74) is 6.69. The predicted molar refractivity (Wildman–Crippen MR) is 94.3 cm³/mol. The minimum absolute atomic E-state index is 0.0719. The number of guanidine groups is 1. The number of nitrogens with two attached hydrogens (primary N) is 1. The van der Waals surface area contributed by atoms with Crippen molar-refractivity contribution in [3.05, 3.63) is 51.5 Å². The third-order valence-corrected chi connectivity index (χ3v) is 4.73. The molecule has 0 amide bonds. The molecule has 0 atom stereocenters. The molecule has 1 aromatic carbocycles. The van der Waals surface area contributed by atoms with Crippen LogP contribution in [-0.4, -0.2) is 46.9 Å². The number of benzene rings is 1. The number of piperazine rings is 1. The molecular formula is C15H18N6O2S. The fraction of sp³-hybridized carbons (Fsp3) is 0.333. The van der Waals surface area contributed by atoms with Gasteiger partial charge < -0.3 is 15.5 Å². The number of nitro benzene ring substituents is 1. The first kappa shape index (κ1) is 16.2. The van der Waals surface area contributed by atoms with E-state index in [1.54, 1.807) is 35.7 Å². The molecule has 0 spiro atoms. The first-order valence-electron chi connectivity index (χ1n) is 7.57. The molecule has 1 fully saturated rings. The molecule has 0 saturated carbocycles. The number of hydrogen-bond donors (Lipinski definition) is 1. The Morgan fingerprint density at radius 1 is 1.33 bits per heavy atom. The Kier molecular flexibility index (Phi) is 4.90. The van der Waals surface area contributed by atoms with E-state index in [0.717, 1.165) is 31.3 Å². The summed E-state index contributed by atoms with van der Waals surface area (Å²) >= 11 is 1.62. The van der Waals surface area contributed by atoms with Gasteiger partial charge in [0.15, 0.2) is 11.1 Å². The van der Waals surface area contributed by atoms with Crippen molar-refractivity contribution < 1.29 is 4.92 Å². The summed E-state index contributed by atoms with van der Waals surface area (Å²) in [5.74, 6) is 0.423. The number of nitrogens with zero attached hydrogens (tertiary/aromatic N) is 5. The van der Waals surface area contributed by atoms with Gasteiger partial charge in [0.2, 0.25) is 0 Å². The van der Waals surface area contributed by atoms with Crippen molar-refractivity contribution in [1.82, 2.24) is 9.88 Å². The van der Waals surface area contributed by atoms with E-state index in [1.807, 2.05) is 10.3 Å². The van der Waals surface area contributed by atoms with E-state index < -0.39 is 4.92 Å². The maximum Gasteiger partial charge on any atom is 0.274 e. The van der Waals surface area contributed by atoms with Gasteiger partial charge in [-0.15, -0.1) is 11.3 Å². The summed E-state index contributed by atoms with van der Waals surface area (Å²) in [6, 6.07) is 6.59. The molecule has 126 valence electrons. The Balaban J connectivity index is 1.60. The second-order valence-electron chi connectivity index (χ2n) is 5.35. The average Bonchev–Trinajstić information content (AvgIpc) is 3.14. The van der Waals surface area contributed by atoms with Crippen LogP contribution >= 0.6 is 11.3 Å². The molecular weight excluding hydrogens is 328 g/mol. The van der Waals surface area contributed by atoms with E-state index in [1.165, 1.54) is 6.07 Å². The van der Waals surface area contributed by atoms with Crippen LogP contribution in [-0.2, 0) is 6.54 Å². The Bertz CT molecular complexity index is 725. The van der Waals surface area contributed by atoms with Crippen LogP contribution in [0.5, 0.6) is 0 Å². The van der Waals surface area contributed by atoms with E-state index >= 15 is 0 Å². The van der Waals surface area contributed by atoms with Gasteiger partial charge in [-0.3, -0.25) is 10.1 Å². The summed E-state index contributed by atoms with van der Waals surface area (Å²) in [7, 11) is 0. The Hall–Kier alpha value is -2.68. The smallest absolute Gasteiger partial charge is 0.274 e. The zero-order chi connectivity index (χ0) is 16.9. The van der Waals surface area contributed by atoms with Crippen molar-refractivity contribution in [1.29, 1.82) is 0 Å². The lowest BCUT2D eigenvalue weighted by molar-refractivity contribution is -0.385. The number of hydrogen-bond acceptors (Lipinski definition) is 6. The van der Waals surface area contributed by atoms with Crippen LogP contribution in [0.3, 0.4) is 0 Å². The second kappa shape index (κ2) is 7.26. The van der Waals surface area contributed by atoms with Gasteiger partial charge in [0.1, 0.15) is 0 Å². The summed E-state index contributed by atoms with van der Waals surface area (Å²) < 4.78 is 0. The van der Waals surface area contributed by atoms with Crippen LogP contribution in [0.2, 0.25) is 0 Å². The normalized spacial score (nSPS) is 15.6. The molecule has 1 aromatic heterocycles. The third kappa shape index (κ3) is 3.62. The highest BCUT2D eigenvalue weighted by Gasteiger charge is 2.20. The molecule has 1 saturated heterocycles. The molecule has 2 N–H and O–H groups in total. The minimum atomic E-state index is -0.395. The lowest BCUT2D eigenvalue weighted by Crippen LogP contribution is -2.51. The molecule has 2 aromatic rings. The quantitative estimate of drug-likeness (QED) is 0.391. The number of para-hydroxylation sites is 1. The first-order valence-corrected chi connectivity index (χ1v) is 8.44. The molecule has 0 radical (unpaired) electrons. The average molecular weight is 346 g/mol. The van der Waals surface area contributed by atoms with Gasteiger partial charge >= 0.3 is 0 Å². The van der Waals surface area contributed by atoms with Crippen LogP contribution < -0.4 is 10.6 Å². The first-order chi connectivity index (χ1) is 11.6. The number of rotatable bonds is 4. The molecule has 0 unspecified atom stereocenters. The van der Waals surface area contributed by atoms with Gasteiger partial charge in [-0.2, -0.15) is 0 Å². The molecule has 1 aliphatic heterocycles. The molecule has 0 bridgehead atoms. The van der Waals surface area contributed by atoms with Crippen LogP contribution in [0.15, 0.2) is 40.8 Å². The van der Waals surface area contributed by atoms with Crippen LogP contribution in [0, 0.1) is 10.1 Å². The lowest BCUT2D eigenvalue weighted by Gasteiger charge is -2.35. The second-order valence-corrected chi connectivity index (χ2v) is 6.22. The van der Waals surface area contributed by atoms with Gasteiger partial charge in [-0.1, -0.05) is 18.2 Å². The predicted octanol–water partition coefficient (Wildman–Crippen LogP) is 1.69. The Morgan fingerprint density at radius 3 is 2.75 bits per heavy atom. The highest BCUT2D eigenvalue weighted by atomic mass is 32.1. The summed E-state index contributed by atoms with van der Waals surface area (Å²) in [5, 5.41) is 14.0. The summed E-state index contributed by atoms with van der Waals surface area (Å²) in [6.07, 6.45) is 1.80. The maximum absolute atomic E-state index is 11.0. The molecule has 24 heavy (non-hydrogen) atoms.